The molecule has 1 aliphatic carbocycles. The minimum Gasteiger partial charge on any atom is -0.323 e. The Morgan fingerprint density at radius 2 is 1.97 bits per heavy atom. The van der Waals surface area contributed by atoms with Crippen molar-refractivity contribution in [2.45, 2.75) is 44.6 Å². The molecule has 1 spiro atoms. The lowest BCUT2D eigenvalue weighted by Gasteiger charge is -2.19. The zero-order chi connectivity index (χ0) is 20.6. The number of hydrogen-bond donors (Lipinski definition) is 2. The third-order valence-corrected chi connectivity index (χ3v) is 6.31. The molecule has 0 bridgehead atoms. The molecular formula is C20H21FN4O3S. The van der Waals surface area contributed by atoms with E-state index < -0.39 is 11.6 Å². The average Bonchev–Trinajstić information content (AvgIpc) is 3.35. The molecular weight excluding hydrogens is 395 g/mol. The number of urea groups is 1. The number of rotatable bonds is 5. The molecule has 1 saturated carbocycles. The fourth-order valence-corrected chi connectivity index (χ4v) is 4.77. The van der Waals surface area contributed by atoms with Crippen molar-refractivity contribution in [3.63, 3.8) is 0 Å². The highest BCUT2D eigenvalue weighted by atomic mass is 32.1. The molecule has 2 N–H and O–H groups in total. The van der Waals surface area contributed by atoms with Crippen LogP contribution in [0.15, 0.2) is 24.3 Å². The van der Waals surface area contributed by atoms with Gasteiger partial charge in [-0.1, -0.05) is 12.8 Å². The minimum absolute atomic E-state index is 0.000249. The number of thiazole rings is 1. The maximum absolute atomic E-state index is 13.1. The fourth-order valence-electron chi connectivity index (χ4n) is 3.92. The van der Waals surface area contributed by atoms with Gasteiger partial charge in [-0.2, -0.15) is 0 Å². The van der Waals surface area contributed by atoms with Crippen LogP contribution < -0.4 is 10.6 Å². The number of imide groups is 1. The van der Waals surface area contributed by atoms with E-state index in [-0.39, 0.29) is 30.6 Å². The second-order valence-corrected chi connectivity index (χ2v) is 8.61. The third kappa shape index (κ3) is 3.74. The lowest BCUT2D eigenvalue weighted by molar-refractivity contribution is -0.131. The van der Waals surface area contributed by atoms with Crippen LogP contribution in [0.1, 0.15) is 37.0 Å². The van der Waals surface area contributed by atoms with Gasteiger partial charge in [0.2, 0.25) is 5.91 Å². The van der Waals surface area contributed by atoms with Crippen molar-refractivity contribution in [3.05, 3.63) is 35.0 Å². The van der Waals surface area contributed by atoms with Crippen LogP contribution in [-0.4, -0.2) is 39.8 Å². The van der Waals surface area contributed by atoms with Crippen molar-refractivity contribution in [3.8, 4) is 11.3 Å². The van der Waals surface area contributed by atoms with Crippen molar-refractivity contribution in [2.75, 3.05) is 11.9 Å². The molecule has 4 rings (SSSR count). The van der Waals surface area contributed by atoms with Gasteiger partial charge in [0.25, 0.3) is 5.91 Å². The maximum Gasteiger partial charge on any atom is 0.325 e. The number of nitrogens with zero attached hydrogens (tertiary/aromatic N) is 2. The van der Waals surface area contributed by atoms with Crippen LogP contribution in [0, 0.1) is 12.7 Å². The number of carbonyl (C=O) groups excluding carboxylic acids is 3. The van der Waals surface area contributed by atoms with Gasteiger partial charge in [0, 0.05) is 23.4 Å². The molecule has 1 aromatic carbocycles. The van der Waals surface area contributed by atoms with E-state index in [1.54, 1.807) is 12.1 Å². The van der Waals surface area contributed by atoms with E-state index in [0.717, 1.165) is 28.2 Å². The molecule has 1 saturated heterocycles. The molecule has 0 unspecified atom stereocenters. The van der Waals surface area contributed by atoms with Crippen LogP contribution in [0.5, 0.6) is 0 Å². The van der Waals surface area contributed by atoms with Crippen LogP contribution in [0.25, 0.3) is 11.3 Å². The molecule has 0 radical (unpaired) electrons. The molecule has 7 nitrogen and oxygen atoms in total. The number of hydrogen-bond acceptors (Lipinski definition) is 5. The first-order valence-electron chi connectivity index (χ1n) is 9.55. The molecule has 2 heterocycles. The number of aromatic nitrogens is 1. The first-order chi connectivity index (χ1) is 13.9. The second kappa shape index (κ2) is 7.55. The molecule has 1 aliphatic heterocycles. The van der Waals surface area contributed by atoms with Crippen molar-refractivity contribution in [2.24, 2.45) is 0 Å². The van der Waals surface area contributed by atoms with Gasteiger partial charge in [-0.05, 0) is 44.0 Å². The predicted molar refractivity (Wildman–Crippen MR) is 107 cm³/mol. The Balaban J connectivity index is 1.37. The van der Waals surface area contributed by atoms with Gasteiger partial charge in [-0.3, -0.25) is 14.5 Å². The number of anilines is 1. The normalized spacial score (nSPS) is 17.8. The molecule has 2 aromatic rings. The zero-order valence-electron chi connectivity index (χ0n) is 16.0. The van der Waals surface area contributed by atoms with E-state index in [9.17, 15) is 18.8 Å². The highest BCUT2D eigenvalue weighted by Crippen LogP contribution is 2.35. The minimum atomic E-state index is -0.760. The number of aryl methyl sites for hydroxylation is 1. The standard InChI is InChI=1S/C20H21FN4O3S/c1-12-16(13-4-6-14(21)7-5-13)23-18(29-12)22-15(26)8-11-25-17(27)20(24-19(25)28)9-2-3-10-20/h4-7H,2-3,8-11H2,1H3,(H,24,28)(H,22,23,26). The summed E-state index contributed by atoms with van der Waals surface area (Å²) in [5.74, 6) is -0.871. The number of nitrogens with one attached hydrogen (secondary N) is 2. The van der Waals surface area contributed by atoms with Gasteiger partial charge in [0.15, 0.2) is 5.13 Å². The molecule has 0 atom stereocenters. The molecule has 2 aliphatic rings. The fraction of sp³-hybridized carbons (Fsp3) is 0.400. The van der Waals surface area contributed by atoms with Crippen LogP contribution in [-0.2, 0) is 9.59 Å². The average molecular weight is 416 g/mol. The Morgan fingerprint density at radius 3 is 2.66 bits per heavy atom. The summed E-state index contributed by atoms with van der Waals surface area (Å²) in [4.78, 5) is 43.6. The molecule has 29 heavy (non-hydrogen) atoms. The molecule has 152 valence electrons. The Hall–Kier alpha value is -2.81. The molecule has 1 aromatic heterocycles. The summed E-state index contributed by atoms with van der Waals surface area (Å²) in [5, 5.41) is 5.95. The topological polar surface area (TPSA) is 91.4 Å². The van der Waals surface area contributed by atoms with Crippen molar-refractivity contribution >= 4 is 34.3 Å². The van der Waals surface area contributed by atoms with Crippen LogP contribution >= 0.6 is 11.3 Å². The van der Waals surface area contributed by atoms with E-state index in [4.69, 9.17) is 0 Å². The van der Waals surface area contributed by atoms with Gasteiger partial charge in [0.1, 0.15) is 11.4 Å². The largest absolute Gasteiger partial charge is 0.325 e. The summed E-state index contributed by atoms with van der Waals surface area (Å²) >= 11 is 1.32. The molecule has 2 fully saturated rings. The summed E-state index contributed by atoms with van der Waals surface area (Å²) in [7, 11) is 0. The second-order valence-electron chi connectivity index (χ2n) is 7.41. The molecule has 9 heteroatoms. The van der Waals surface area contributed by atoms with Crippen LogP contribution in [0.3, 0.4) is 0 Å². The smallest absolute Gasteiger partial charge is 0.323 e. The summed E-state index contributed by atoms with van der Waals surface area (Å²) in [6.07, 6.45) is 3.15. The lowest BCUT2D eigenvalue weighted by Crippen LogP contribution is -2.44. The van der Waals surface area contributed by atoms with Gasteiger partial charge >= 0.3 is 6.03 Å². The maximum atomic E-state index is 13.1. The lowest BCUT2D eigenvalue weighted by atomic mass is 9.98. The van der Waals surface area contributed by atoms with Crippen LogP contribution in [0.2, 0.25) is 0 Å². The monoisotopic (exact) mass is 416 g/mol. The van der Waals surface area contributed by atoms with Crippen molar-refractivity contribution in [1.82, 2.24) is 15.2 Å². The first-order valence-corrected chi connectivity index (χ1v) is 10.4. The van der Waals surface area contributed by atoms with Gasteiger partial charge in [-0.15, -0.1) is 11.3 Å². The summed E-state index contributed by atoms with van der Waals surface area (Å²) in [5.41, 5.74) is 0.689. The van der Waals surface area contributed by atoms with Gasteiger partial charge in [0.05, 0.1) is 5.69 Å². The van der Waals surface area contributed by atoms with E-state index in [1.807, 2.05) is 6.92 Å². The summed E-state index contributed by atoms with van der Waals surface area (Å²) in [6, 6.07) is 5.58. The van der Waals surface area contributed by atoms with E-state index in [0.29, 0.717) is 23.7 Å². The van der Waals surface area contributed by atoms with Crippen molar-refractivity contribution in [1.29, 1.82) is 0 Å². The summed E-state index contributed by atoms with van der Waals surface area (Å²) in [6.45, 7) is 1.91. The highest BCUT2D eigenvalue weighted by molar-refractivity contribution is 7.16. The Kier molecular flexibility index (Phi) is 5.08. The number of halogens is 1. The number of carbonyl (C=O) groups is 3. The van der Waals surface area contributed by atoms with E-state index in [1.165, 1.54) is 23.5 Å². The quantitative estimate of drug-likeness (QED) is 0.731. The van der Waals surface area contributed by atoms with Gasteiger partial charge in [-0.25, -0.2) is 14.2 Å². The summed E-state index contributed by atoms with van der Waals surface area (Å²) < 4.78 is 13.1. The Labute approximate surface area is 171 Å². The molecule has 4 amide bonds. The van der Waals surface area contributed by atoms with Gasteiger partial charge < -0.3 is 10.6 Å². The zero-order valence-corrected chi connectivity index (χ0v) is 16.8. The third-order valence-electron chi connectivity index (χ3n) is 5.43. The highest BCUT2D eigenvalue weighted by Gasteiger charge is 2.52. The number of benzene rings is 1. The first kappa shape index (κ1) is 19.5. The number of amides is 4. The predicted octanol–water partition coefficient (Wildman–Crippen LogP) is 3.45. The SMILES string of the molecule is Cc1sc(NC(=O)CCN2C(=O)NC3(CCCC3)C2=O)nc1-c1ccc(F)cc1. The van der Waals surface area contributed by atoms with E-state index >= 15 is 0 Å². The van der Waals surface area contributed by atoms with E-state index in [2.05, 4.69) is 15.6 Å². The Morgan fingerprint density at radius 1 is 1.28 bits per heavy atom. The Bertz CT molecular complexity index is 967. The van der Waals surface area contributed by atoms with Crippen LogP contribution in [0.4, 0.5) is 14.3 Å². The van der Waals surface area contributed by atoms with Crippen molar-refractivity contribution < 1.29 is 18.8 Å².